The maximum atomic E-state index is 14.3. The van der Waals surface area contributed by atoms with Crippen LogP contribution in [0.15, 0.2) is 18.2 Å². The van der Waals surface area contributed by atoms with Gasteiger partial charge in [0.05, 0.1) is 31.5 Å². The predicted octanol–water partition coefficient (Wildman–Crippen LogP) is 1.28. The van der Waals surface area contributed by atoms with Crippen molar-refractivity contribution in [3.63, 3.8) is 0 Å². The number of hydrogen-bond donors (Lipinski definition) is 2. The van der Waals surface area contributed by atoms with Crippen LogP contribution in [-0.4, -0.2) is 43.6 Å². The first-order valence-corrected chi connectivity index (χ1v) is 7.25. The Balaban J connectivity index is 1.71. The van der Waals surface area contributed by atoms with Gasteiger partial charge in [-0.05, 0) is 30.5 Å². The van der Waals surface area contributed by atoms with E-state index in [2.05, 4.69) is 5.32 Å². The summed E-state index contributed by atoms with van der Waals surface area (Å²) in [5.41, 5.74) is 1.52. The molecule has 3 rings (SSSR count). The van der Waals surface area contributed by atoms with Gasteiger partial charge in [0.25, 0.3) is 0 Å². The second-order valence-electron chi connectivity index (χ2n) is 5.55. The van der Waals surface area contributed by atoms with Crippen molar-refractivity contribution in [2.45, 2.75) is 31.5 Å². The van der Waals surface area contributed by atoms with Crippen LogP contribution in [0, 0.1) is 5.82 Å². The summed E-state index contributed by atoms with van der Waals surface area (Å²) in [5.74, 6) is -0.222. The number of nitrogens with zero attached hydrogens (tertiary/aromatic N) is 1. The summed E-state index contributed by atoms with van der Waals surface area (Å²) < 4.78 is 19.6. The summed E-state index contributed by atoms with van der Waals surface area (Å²) in [7, 11) is 0. The van der Waals surface area contributed by atoms with Crippen LogP contribution in [0.1, 0.15) is 18.4 Å². The fourth-order valence-corrected chi connectivity index (χ4v) is 2.57. The quantitative estimate of drug-likeness (QED) is 0.853. The molecule has 1 aliphatic heterocycles. The first kappa shape index (κ1) is 13.8. The summed E-state index contributed by atoms with van der Waals surface area (Å²) in [6.07, 6.45) is 2.46. The molecule has 1 aromatic carbocycles. The lowest BCUT2D eigenvalue weighted by Crippen LogP contribution is -2.48. The van der Waals surface area contributed by atoms with Gasteiger partial charge in [-0.15, -0.1) is 0 Å². The molecule has 0 bridgehead atoms. The SMILES string of the molecule is OCC1COCCN1c1ccc(CNC2CC2)cc1F. The molecule has 20 heavy (non-hydrogen) atoms. The number of benzene rings is 1. The van der Waals surface area contributed by atoms with Crippen molar-refractivity contribution in [1.29, 1.82) is 0 Å². The van der Waals surface area contributed by atoms with Gasteiger partial charge in [-0.2, -0.15) is 0 Å². The van der Waals surface area contributed by atoms with Gasteiger partial charge >= 0.3 is 0 Å². The molecule has 0 amide bonds. The molecule has 5 heteroatoms. The highest BCUT2D eigenvalue weighted by atomic mass is 19.1. The van der Waals surface area contributed by atoms with Crippen LogP contribution in [0.2, 0.25) is 0 Å². The number of nitrogens with one attached hydrogen (secondary N) is 1. The molecule has 2 aliphatic rings. The number of rotatable bonds is 5. The Kier molecular flexibility index (Phi) is 4.19. The number of aliphatic hydroxyl groups excluding tert-OH is 1. The average Bonchev–Trinajstić information content (AvgIpc) is 3.29. The second-order valence-corrected chi connectivity index (χ2v) is 5.55. The highest BCUT2D eigenvalue weighted by Crippen LogP contribution is 2.25. The Morgan fingerprint density at radius 3 is 2.95 bits per heavy atom. The summed E-state index contributed by atoms with van der Waals surface area (Å²) in [5, 5.41) is 12.7. The maximum absolute atomic E-state index is 14.3. The van der Waals surface area contributed by atoms with E-state index in [0.29, 0.717) is 38.0 Å². The molecule has 4 nitrogen and oxygen atoms in total. The molecule has 0 spiro atoms. The van der Waals surface area contributed by atoms with E-state index in [-0.39, 0.29) is 18.5 Å². The Morgan fingerprint density at radius 2 is 2.25 bits per heavy atom. The lowest BCUT2D eigenvalue weighted by atomic mass is 10.1. The number of aliphatic hydroxyl groups is 1. The topological polar surface area (TPSA) is 44.7 Å². The minimum Gasteiger partial charge on any atom is -0.394 e. The normalized spacial score (nSPS) is 23.1. The van der Waals surface area contributed by atoms with Gasteiger partial charge in [-0.1, -0.05) is 6.07 Å². The van der Waals surface area contributed by atoms with Gasteiger partial charge < -0.3 is 20.1 Å². The fourth-order valence-electron chi connectivity index (χ4n) is 2.57. The summed E-state index contributed by atoms with van der Waals surface area (Å²) >= 11 is 0. The van der Waals surface area contributed by atoms with Crippen molar-refractivity contribution in [3.8, 4) is 0 Å². The van der Waals surface area contributed by atoms with Crippen LogP contribution < -0.4 is 10.2 Å². The smallest absolute Gasteiger partial charge is 0.146 e. The first-order chi connectivity index (χ1) is 9.78. The van der Waals surface area contributed by atoms with E-state index in [1.54, 1.807) is 6.07 Å². The van der Waals surface area contributed by atoms with Gasteiger partial charge in [0.1, 0.15) is 5.82 Å². The van der Waals surface area contributed by atoms with Crippen LogP contribution in [0.25, 0.3) is 0 Å². The minimum absolute atomic E-state index is 0.0234. The molecule has 1 aromatic rings. The largest absolute Gasteiger partial charge is 0.394 e. The number of hydrogen-bond acceptors (Lipinski definition) is 4. The van der Waals surface area contributed by atoms with E-state index in [0.717, 1.165) is 5.56 Å². The Hall–Kier alpha value is -1.17. The van der Waals surface area contributed by atoms with Gasteiger partial charge in [-0.3, -0.25) is 0 Å². The zero-order valence-corrected chi connectivity index (χ0v) is 11.5. The van der Waals surface area contributed by atoms with Crippen LogP contribution >= 0.6 is 0 Å². The van der Waals surface area contributed by atoms with E-state index < -0.39 is 0 Å². The second kappa shape index (κ2) is 6.08. The van der Waals surface area contributed by atoms with E-state index in [1.807, 2.05) is 17.0 Å². The predicted molar refractivity (Wildman–Crippen MR) is 75.3 cm³/mol. The number of ether oxygens (including phenoxy) is 1. The molecule has 1 saturated heterocycles. The van der Waals surface area contributed by atoms with Crippen molar-refractivity contribution >= 4 is 5.69 Å². The van der Waals surface area contributed by atoms with Crippen molar-refractivity contribution < 1.29 is 14.2 Å². The molecule has 110 valence electrons. The van der Waals surface area contributed by atoms with Crippen LogP contribution in [-0.2, 0) is 11.3 Å². The Bertz CT molecular complexity index is 465. The molecule has 0 radical (unpaired) electrons. The lowest BCUT2D eigenvalue weighted by Gasteiger charge is -2.36. The molecule has 1 unspecified atom stereocenters. The van der Waals surface area contributed by atoms with Gasteiger partial charge in [0.2, 0.25) is 0 Å². The summed E-state index contributed by atoms with van der Waals surface area (Å²) in [4.78, 5) is 1.90. The van der Waals surface area contributed by atoms with Gasteiger partial charge in [-0.25, -0.2) is 4.39 Å². The highest BCUT2D eigenvalue weighted by molar-refractivity contribution is 5.50. The zero-order chi connectivity index (χ0) is 13.9. The third-order valence-electron chi connectivity index (χ3n) is 3.93. The first-order valence-electron chi connectivity index (χ1n) is 7.25. The molecule has 1 heterocycles. The maximum Gasteiger partial charge on any atom is 0.146 e. The van der Waals surface area contributed by atoms with Crippen LogP contribution in [0.4, 0.5) is 10.1 Å². The lowest BCUT2D eigenvalue weighted by molar-refractivity contribution is 0.0723. The molecule has 1 atom stereocenters. The molecule has 0 aromatic heterocycles. The molecule has 2 N–H and O–H groups in total. The van der Waals surface area contributed by atoms with Crippen molar-refractivity contribution in [3.05, 3.63) is 29.6 Å². The van der Waals surface area contributed by atoms with E-state index in [4.69, 9.17) is 4.74 Å². The number of halogens is 1. The zero-order valence-electron chi connectivity index (χ0n) is 11.5. The van der Waals surface area contributed by atoms with Crippen molar-refractivity contribution in [2.75, 3.05) is 31.3 Å². The standard InChI is InChI=1S/C15H21FN2O2/c16-14-7-11(8-17-12-2-3-12)1-4-15(14)18-5-6-20-10-13(18)9-19/h1,4,7,12-13,17,19H,2-3,5-6,8-10H2. The van der Waals surface area contributed by atoms with E-state index in [1.165, 1.54) is 12.8 Å². The summed E-state index contributed by atoms with van der Waals surface area (Å²) in [6, 6.07) is 5.82. The summed E-state index contributed by atoms with van der Waals surface area (Å²) in [6.45, 7) is 2.32. The molecule has 1 saturated carbocycles. The number of anilines is 1. The van der Waals surface area contributed by atoms with Gasteiger partial charge in [0, 0.05) is 19.1 Å². The third-order valence-corrected chi connectivity index (χ3v) is 3.93. The fraction of sp³-hybridized carbons (Fsp3) is 0.600. The van der Waals surface area contributed by atoms with Crippen LogP contribution in [0.5, 0.6) is 0 Å². The van der Waals surface area contributed by atoms with Crippen molar-refractivity contribution in [2.24, 2.45) is 0 Å². The molecule has 2 fully saturated rings. The third kappa shape index (κ3) is 3.11. The van der Waals surface area contributed by atoms with Gasteiger partial charge in [0.15, 0.2) is 0 Å². The number of morpholine rings is 1. The molecule has 1 aliphatic carbocycles. The van der Waals surface area contributed by atoms with Crippen LogP contribution in [0.3, 0.4) is 0 Å². The van der Waals surface area contributed by atoms with E-state index in [9.17, 15) is 9.50 Å². The Labute approximate surface area is 118 Å². The van der Waals surface area contributed by atoms with Crippen molar-refractivity contribution in [1.82, 2.24) is 5.32 Å². The average molecular weight is 280 g/mol. The molecular weight excluding hydrogens is 259 g/mol. The Morgan fingerprint density at radius 1 is 1.40 bits per heavy atom. The van der Waals surface area contributed by atoms with E-state index >= 15 is 0 Å². The minimum atomic E-state index is -0.222. The highest BCUT2D eigenvalue weighted by Gasteiger charge is 2.25. The molecular formula is C15H21FN2O2. The monoisotopic (exact) mass is 280 g/mol.